The lowest BCUT2D eigenvalue weighted by atomic mass is 9.90. The van der Waals surface area contributed by atoms with Crippen LogP contribution >= 0.6 is 0 Å². The fraction of sp³-hybridized carbons (Fsp3) is 0.173. The number of rotatable bonds is 17. The molecule has 8 rings (SSSR count). The van der Waals surface area contributed by atoms with Gasteiger partial charge in [0.2, 0.25) is 0 Å². The second-order valence-electron chi connectivity index (χ2n) is 14.5. The summed E-state index contributed by atoms with van der Waals surface area (Å²) in [5, 5.41) is 0. The summed E-state index contributed by atoms with van der Waals surface area (Å²) >= 11 is 0. The Balaban J connectivity index is 1.21. The van der Waals surface area contributed by atoms with Crippen molar-refractivity contribution in [3.63, 3.8) is 0 Å². The van der Waals surface area contributed by atoms with E-state index in [0.29, 0.717) is 59.7 Å². The van der Waals surface area contributed by atoms with Crippen LogP contribution in [-0.2, 0) is 47.3 Å². The first-order valence-corrected chi connectivity index (χ1v) is 20.0. The monoisotopic (exact) mass is 798 g/mol. The maximum absolute atomic E-state index is 13.1. The molecule has 7 aromatic carbocycles. The molecule has 0 saturated heterocycles. The van der Waals surface area contributed by atoms with Gasteiger partial charge in [-0.05, 0) is 39.9 Å². The topological polar surface area (TPSA) is 81.7 Å². The second-order valence-corrected chi connectivity index (χ2v) is 14.5. The summed E-state index contributed by atoms with van der Waals surface area (Å²) in [6.45, 7) is 2.88. The fourth-order valence-electron chi connectivity index (χ4n) is 7.08. The quantitative estimate of drug-likeness (QED) is 0.0843. The maximum Gasteiger partial charge on any atom is 0.303 e. The molecule has 0 saturated carbocycles. The van der Waals surface area contributed by atoms with Crippen LogP contribution in [0.1, 0.15) is 58.1 Å². The smallest absolute Gasteiger partial charge is 0.303 e. The van der Waals surface area contributed by atoms with Crippen LogP contribution in [0.5, 0.6) is 28.7 Å². The van der Waals surface area contributed by atoms with E-state index in [-0.39, 0.29) is 13.2 Å². The van der Waals surface area contributed by atoms with Crippen LogP contribution in [0.25, 0.3) is 0 Å². The highest BCUT2D eigenvalue weighted by atomic mass is 16.6. The second kappa shape index (κ2) is 19.6. The lowest BCUT2D eigenvalue weighted by molar-refractivity contribution is -0.171. The first-order valence-electron chi connectivity index (χ1n) is 20.0. The standard InChI is InChI=1S/C52H46O8/c1-37(53)59-52-50(43-27-28-45(55-33-39-19-9-3-10-20-39)46(29-43)56-34-40-21-11-4-12-22-40)60-48-31-44(54-32-38-17-7-2-8-18-38)30-47(57-35-41-23-13-5-14-24-41)49(48)51(52)58-36-42-25-15-6-16-26-42/h2-31,50-52H,32-36H2,1H3/t50-,51+,52-/m1/s1. The Labute approximate surface area is 350 Å². The van der Waals surface area contributed by atoms with Gasteiger partial charge in [-0.3, -0.25) is 4.79 Å². The van der Waals surface area contributed by atoms with E-state index in [4.69, 9.17) is 33.2 Å². The molecule has 8 heteroatoms. The first kappa shape index (κ1) is 39.8. The molecular weight excluding hydrogens is 753 g/mol. The number of esters is 1. The molecule has 3 atom stereocenters. The number of hydrogen-bond acceptors (Lipinski definition) is 8. The lowest BCUT2D eigenvalue weighted by Gasteiger charge is -2.39. The zero-order valence-corrected chi connectivity index (χ0v) is 33.4. The molecule has 0 aliphatic carbocycles. The molecule has 0 unspecified atom stereocenters. The van der Waals surface area contributed by atoms with E-state index in [1.165, 1.54) is 6.92 Å². The van der Waals surface area contributed by atoms with Gasteiger partial charge in [0.1, 0.15) is 49.8 Å². The van der Waals surface area contributed by atoms with E-state index in [1.807, 2.05) is 182 Å². The van der Waals surface area contributed by atoms with Crippen molar-refractivity contribution in [2.45, 2.75) is 58.3 Å². The van der Waals surface area contributed by atoms with Gasteiger partial charge in [-0.25, -0.2) is 0 Å². The molecule has 8 nitrogen and oxygen atoms in total. The van der Waals surface area contributed by atoms with Crippen LogP contribution in [-0.4, -0.2) is 12.1 Å². The van der Waals surface area contributed by atoms with E-state index in [9.17, 15) is 4.79 Å². The van der Waals surface area contributed by atoms with Crippen molar-refractivity contribution in [3.05, 3.63) is 221 Å². The van der Waals surface area contributed by atoms with E-state index in [0.717, 1.165) is 27.8 Å². The predicted molar refractivity (Wildman–Crippen MR) is 229 cm³/mol. The highest BCUT2D eigenvalue weighted by Crippen LogP contribution is 2.51. The van der Waals surface area contributed by atoms with Crippen molar-refractivity contribution < 1.29 is 38.0 Å². The largest absolute Gasteiger partial charge is 0.489 e. The summed E-state index contributed by atoms with van der Waals surface area (Å²) in [7, 11) is 0. The number of carbonyl (C=O) groups is 1. The van der Waals surface area contributed by atoms with Gasteiger partial charge < -0.3 is 33.2 Å². The van der Waals surface area contributed by atoms with Gasteiger partial charge in [0.15, 0.2) is 23.7 Å². The van der Waals surface area contributed by atoms with Crippen LogP contribution in [0.4, 0.5) is 0 Å². The average molecular weight is 799 g/mol. The normalized spacial score (nSPS) is 15.5. The minimum Gasteiger partial charge on any atom is -0.489 e. The van der Waals surface area contributed by atoms with E-state index in [2.05, 4.69) is 0 Å². The molecule has 0 radical (unpaired) electrons. The molecule has 302 valence electrons. The molecule has 60 heavy (non-hydrogen) atoms. The summed E-state index contributed by atoms with van der Waals surface area (Å²) in [6, 6.07) is 59.1. The van der Waals surface area contributed by atoms with Gasteiger partial charge in [0.25, 0.3) is 0 Å². The third-order valence-corrected chi connectivity index (χ3v) is 10.0. The molecule has 1 aliphatic rings. The van der Waals surface area contributed by atoms with E-state index >= 15 is 0 Å². The SMILES string of the molecule is CC(=O)O[C@@H]1[C@@H](c2ccc(OCc3ccccc3)c(OCc3ccccc3)c2)Oc2cc(OCc3ccccc3)cc(OCc3ccccc3)c2[C@@H]1OCc1ccccc1. The summed E-state index contributed by atoms with van der Waals surface area (Å²) < 4.78 is 45.9. The lowest BCUT2D eigenvalue weighted by Crippen LogP contribution is -2.39. The summed E-state index contributed by atoms with van der Waals surface area (Å²) in [4.78, 5) is 13.1. The molecule has 0 fully saturated rings. The summed E-state index contributed by atoms with van der Waals surface area (Å²) in [5.41, 5.74) is 6.27. The highest BCUT2D eigenvalue weighted by molar-refractivity contribution is 5.67. The Bertz CT molecular complexity index is 2430. The fourth-order valence-corrected chi connectivity index (χ4v) is 7.08. The first-order chi connectivity index (χ1) is 29.6. The molecule has 7 aromatic rings. The Morgan fingerprint density at radius 2 is 0.933 bits per heavy atom. The van der Waals surface area contributed by atoms with Crippen LogP contribution in [0, 0.1) is 0 Å². The molecular formula is C52H46O8. The summed E-state index contributed by atoms with van der Waals surface area (Å²) in [6.07, 6.45) is -2.60. The van der Waals surface area contributed by atoms with Crippen molar-refractivity contribution in [2.75, 3.05) is 0 Å². The van der Waals surface area contributed by atoms with Crippen LogP contribution in [0.3, 0.4) is 0 Å². The van der Waals surface area contributed by atoms with E-state index < -0.39 is 24.3 Å². The average Bonchev–Trinajstić information content (AvgIpc) is 3.30. The van der Waals surface area contributed by atoms with Crippen LogP contribution in [0.15, 0.2) is 182 Å². The molecule has 0 N–H and O–H groups in total. The molecule has 0 spiro atoms. The number of carbonyl (C=O) groups excluding carboxylic acids is 1. The maximum atomic E-state index is 13.1. The Kier molecular flexibility index (Phi) is 13.0. The van der Waals surface area contributed by atoms with Gasteiger partial charge in [-0.15, -0.1) is 0 Å². The Hall–Kier alpha value is -7.03. The molecule has 1 heterocycles. The molecule has 1 aliphatic heterocycles. The van der Waals surface area contributed by atoms with Gasteiger partial charge >= 0.3 is 5.97 Å². The Morgan fingerprint density at radius 3 is 1.43 bits per heavy atom. The molecule has 0 bridgehead atoms. The number of fused-ring (bicyclic) bond motifs is 1. The molecule has 0 amide bonds. The molecule has 0 aromatic heterocycles. The van der Waals surface area contributed by atoms with E-state index in [1.54, 1.807) is 0 Å². The third-order valence-electron chi connectivity index (χ3n) is 10.0. The zero-order valence-electron chi connectivity index (χ0n) is 33.4. The third kappa shape index (κ3) is 10.3. The number of benzene rings is 7. The minimum atomic E-state index is -0.938. The van der Waals surface area contributed by atoms with Gasteiger partial charge in [-0.2, -0.15) is 0 Å². The van der Waals surface area contributed by atoms with Crippen molar-refractivity contribution in [1.82, 2.24) is 0 Å². The predicted octanol–water partition coefficient (Wildman–Crippen LogP) is 11.3. The minimum absolute atomic E-state index is 0.234. The van der Waals surface area contributed by atoms with Gasteiger partial charge in [0.05, 0.1) is 12.2 Å². The van der Waals surface area contributed by atoms with Crippen molar-refractivity contribution in [2.24, 2.45) is 0 Å². The van der Waals surface area contributed by atoms with Gasteiger partial charge in [0, 0.05) is 24.6 Å². The van der Waals surface area contributed by atoms with Crippen molar-refractivity contribution in [3.8, 4) is 28.7 Å². The van der Waals surface area contributed by atoms with Crippen LogP contribution < -0.4 is 23.7 Å². The van der Waals surface area contributed by atoms with Crippen molar-refractivity contribution >= 4 is 5.97 Å². The van der Waals surface area contributed by atoms with Crippen LogP contribution in [0.2, 0.25) is 0 Å². The van der Waals surface area contributed by atoms with Gasteiger partial charge in [-0.1, -0.05) is 158 Å². The Morgan fingerprint density at radius 1 is 0.483 bits per heavy atom. The van der Waals surface area contributed by atoms with Crippen molar-refractivity contribution in [1.29, 1.82) is 0 Å². The number of hydrogen-bond donors (Lipinski definition) is 0. The summed E-state index contributed by atoms with van der Waals surface area (Å²) in [5.74, 6) is 2.10. The highest BCUT2D eigenvalue weighted by Gasteiger charge is 2.45. The zero-order chi connectivity index (χ0) is 40.9. The number of ether oxygens (including phenoxy) is 7.